The summed E-state index contributed by atoms with van der Waals surface area (Å²) >= 11 is 0. The van der Waals surface area contributed by atoms with Gasteiger partial charge in [0.05, 0.1) is 7.11 Å². The molecule has 0 aliphatic carbocycles. The Kier molecular flexibility index (Phi) is 3.65. The molecule has 6 heteroatoms. The molecule has 3 nitrogen and oxygen atoms in total. The summed E-state index contributed by atoms with van der Waals surface area (Å²) in [5, 5.41) is 0. The molecular weight excluding hydrogens is 235 g/mol. The number of methoxy groups -OCH3 is 1. The fraction of sp³-hybridized carbons (Fsp3) is 0.364. The Bertz CT molecular complexity index is 409. The summed E-state index contributed by atoms with van der Waals surface area (Å²) in [7, 11) is 0.912. The van der Waals surface area contributed by atoms with Gasteiger partial charge in [0, 0.05) is 11.3 Å². The molecule has 1 atom stereocenters. The summed E-state index contributed by atoms with van der Waals surface area (Å²) in [6.45, 7) is 1.47. The van der Waals surface area contributed by atoms with Gasteiger partial charge in [-0.1, -0.05) is 12.1 Å². The van der Waals surface area contributed by atoms with Crippen LogP contribution in [0.2, 0.25) is 0 Å². The highest BCUT2D eigenvalue weighted by atomic mass is 19.4. The van der Waals surface area contributed by atoms with Gasteiger partial charge in [0.25, 0.3) is 0 Å². The zero-order chi connectivity index (χ0) is 13.2. The van der Waals surface area contributed by atoms with Gasteiger partial charge in [-0.25, -0.2) is 0 Å². The number of carbonyl (C=O) groups is 1. The molecule has 0 aliphatic heterocycles. The Morgan fingerprint density at radius 2 is 2.00 bits per heavy atom. The van der Waals surface area contributed by atoms with Crippen molar-refractivity contribution in [2.75, 3.05) is 12.8 Å². The van der Waals surface area contributed by atoms with Gasteiger partial charge < -0.3 is 10.5 Å². The number of nitrogen functional groups attached to an aromatic ring is 1. The highest BCUT2D eigenvalue weighted by Crippen LogP contribution is 2.39. The largest absolute Gasteiger partial charge is 0.468 e. The number of esters is 1. The van der Waals surface area contributed by atoms with E-state index in [-0.39, 0.29) is 11.3 Å². The van der Waals surface area contributed by atoms with E-state index >= 15 is 0 Å². The SMILES string of the molecule is COC(=O)C(c1c(C)cccc1N)C(F)(F)F. The quantitative estimate of drug-likeness (QED) is 0.645. The molecule has 2 N–H and O–H groups in total. The van der Waals surface area contributed by atoms with E-state index in [0.29, 0.717) is 5.56 Å². The predicted molar refractivity (Wildman–Crippen MR) is 56.4 cm³/mol. The third kappa shape index (κ3) is 2.69. The minimum atomic E-state index is -4.73. The number of rotatable bonds is 2. The summed E-state index contributed by atoms with van der Waals surface area (Å²) in [6.07, 6.45) is -4.73. The van der Waals surface area contributed by atoms with Gasteiger partial charge in [-0.15, -0.1) is 0 Å². The summed E-state index contributed by atoms with van der Waals surface area (Å²) in [5.41, 5.74) is 5.49. The van der Waals surface area contributed by atoms with Crippen molar-refractivity contribution in [2.45, 2.75) is 19.0 Å². The number of carbonyl (C=O) groups excluding carboxylic acids is 1. The molecule has 0 fully saturated rings. The van der Waals surface area contributed by atoms with Crippen molar-refractivity contribution in [3.63, 3.8) is 0 Å². The molecule has 1 unspecified atom stereocenters. The molecule has 0 aromatic heterocycles. The molecule has 0 bridgehead atoms. The number of nitrogens with two attached hydrogens (primary N) is 1. The summed E-state index contributed by atoms with van der Waals surface area (Å²) in [6, 6.07) is 4.32. The molecule has 17 heavy (non-hydrogen) atoms. The molecule has 0 heterocycles. The second-order valence-electron chi connectivity index (χ2n) is 3.58. The van der Waals surface area contributed by atoms with E-state index in [9.17, 15) is 18.0 Å². The maximum atomic E-state index is 12.8. The van der Waals surface area contributed by atoms with Crippen molar-refractivity contribution in [1.29, 1.82) is 0 Å². The third-order valence-electron chi connectivity index (χ3n) is 2.41. The van der Waals surface area contributed by atoms with Crippen LogP contribution in [0.4, 0.5) is 18.9 Å². The third-order valence-corrected chi connectivity index (χ3v) is 2.41. The van der Waals surface area contributed by atoms with Crippen molar-refractivity contribution < 1.29 is 22.7 Å². The lowest BCUT2D eigenvalue weighted by Crippen LogP contribution is -2.30. The number of aryl methyl sites for hydroxylation is 1. The second-order valence-corrected chi connectivity index (χ2v) is 3.58. The van der Waals surface area contributed by atoms with Gasteiger partial charge in [-0.05, 0) is 18.6 Å². The molecule has 1 rings (SSSR count). The average molecular weight is 247 g/mol. The molecule has 0 aliphatic rings. The zero-order valence-electron chi connectivity index (χ0n) is 9.34. The topological polar surface area (TPSA) is 52.3 Å². The molecule has 1 aromatic carbocycles. The standard InChI is InChI=1S/C11H12F3NO2/c1-6-4-3-5-7(15)8(6)9(10(16)17-2)11(12,13)14/h3-5,9H,15H2,1-2H3. The maximum absolute atomic E-state index is 12.8. The number of halogens is 3. The van der Waals surface area contributed by atoms with Crippen LogP contribution in [0.15, 0.2) is 18.2 Å². The van der Waals surface area contributed by atoms with Crippen LogP contribution in [0, 0.1) is 6.92 Å². The smallest absolute Gasteiger partial charge is 0.406 e. The molecule has 0 saturated heterocycles. The first-order valence-corrected chi connectivity index (χ1v) is 4.78. The van der Waals surface area contributed by atoms with Crippen molar-refractivity contribution in [3.8, 4) is 0 Å². The Morgan fingerprint density at radius 1 is 1.41 bits per heavy atom. The zero-order valence-corrected chi connectivity index (χ0v) is 9.34. The monoisotopic (exact) mass is 247 g/mol. The van der Waals surface area contributed by atoms with Crippen molar-refractivity contribution in [1.82, 2.24) is 0 Å². The Balaban J connectivity index is 3.38. The normalized spacial score (nSPS) is 13.2. The molecule has 94 valence electrons. The van der Waals surface area contributed by atoms with Crippen LogP contribution in [-0.2, 0) is 9.53 Å². The minimum absolute atomic E-state index is 0.0716. The molecule has 0 amide bonds. The van der Waals surface area contributed by atoms with Crippen LogP contribution in [0.1, 0.15) is 17.0 Å². The van der Waals surface area contributed by atoms with Crippen LogP contribution in [0.25, 0.3) is 0 Å². The number of anilines is 1. The number of hydrogen-bond acceptors (Lipinski definition) is 3. The summed E-state index contributed by atoms with van der Waals surface area (Å²) in [5.74, 6) is -3.70. The number of hydrogen-bond donors (Lipinski definition) is 1. The second kappa shape index (κ2) is 4.65. The number of alkyl halides is 3. The van der Waals surface area contributed by atoms with Crippen LogP contribution in [0.3, 0.4) is 0 Å². The Labute approximate surface area is 96.4 Å². The first-order valence-electron chi connectivity index (χ1n) is 4.78. The lowest BCUT2D eigenvalue weighted by molar-refractivity contribution is -0.179. The fourth-order valence-corrected chi connectivity index (χ4v) is 1.63. The Morgan fingerprint density at radius 3 is 2.41 bits per heavy atom. The summed E-state index contributed by atoms with van der Waals surface area (Å²) in [4.78, 5) is 11.3. The molecule has 0 spiro atoms. The van der Waals surface area contributed by atoms with Gasteiger partial charge in [-0.2, -0.15) is 13.2 Å². The van der Waals surface area contributed by atoms with E-state index in [1.807, 2.05) is 0 Å². The van der Waals surface area contributed by atoms with Crippen molar-refractivity contribution >= 4 is 11.7 Å². The molecule has 0 saturated carbocycles. The first kappa shape index (κ1) is 13.3. The molecule has 1 aromatic rings. The van der Waals surface area contributed by atoms with Crippen molar-refractivity contribution in [2.24, 2.45) is 0 Å². The van der Waals surface area contributed by atoms with E-state index in [4.69, 9.17) is 5.73 Å². The number of benzene rings is 1. The van der Waals surface area contributed by atoms with E-state index in [1.54, 1.807) is 0 Å². The van der Waals surface area contributed by atoms with Crippen LogP contribution in [-0.4, -0.2) is 19.3 Å². The van der Waals surface area contributed by atoms with Crippen LogP contribution in [0.5, 0.6) is 0 Å². The molecular formula is C11H12F3NO2. The average Bonchev–Trinajstić information content (AvgIpc) is 2.21. The molecule has 0 radical (unpaired) electrons. The van der Waals surface area contributed by atoms with Gasteiger partial charge in [0.2, 0.25) is 0 Å². The highest BCUT2D eigenvalue weighted by molar-refractivity contribution is 5.82. The van der Waals surface area contributed by atoms with E-state index < -0.39 is 18.1 Å². The van der Waals surface area contributed by atoms with E-state index in [1.165, 1.54) is 25.1 Å². The van der Waals surface area contributed by atoms with Gasteiger partial charge in [0.15, 0.2) is 5.92 Å². The predicted octanol–water partition coefficient (Wildman–Crippen LogP) is 2.40. The van der Waals surface area contributed by atoms with Gasteiger partial charge >= 0.3 is 12.1 Å². The fourth-order valence-electron chi connectivity index (χ4n) is 1.63. The van der Waals surface area contributed by atoms with Crippen molar-refractivity contribution in [3.05, 3.63) is 29.3 Å². The number of ether oxygens (including phenoxy) is 1. The van der Waals surface area contributed by atoms with Gasteiger partial charge in [-0.3, -0.25) is 4.79 Å². The lowest BCUT2D eigenvalue weighted by Gasteiger charge is -2.21. The lowest BCUT2D eigenvalue weighted by atomic mass is 9.92. The van der Waals surface area contributed by atoms with Gasteiger partial charge in [0.1, 0.15) is 0 Å². The first-order chi connectivity index (χ1) is 7.79. The van der Waals surface area contributed by atoms with Crippen LogP contribution < -0.4 is 5.73 Å². The van der Waals surface area contributed by atoms with E-state index in [2.05, 4.69) is 4.74 Å². The maximum Gasteiger partial charge on any atom is 0.406 e. The van der Waals surface area contributed by atoms with E-state index in [0.717, 1.165) is 7.11 Å². The minimum Gasteiger partial charge on any atom is -0.468 e. The van der Waals surface area contributed by atoms with Crippen LogP contribution >= 0.6 is 0 Å². The summed E-state index contributed by atoms with van der Waals surface area (Å²) < 4.78 is 42.7. The highest BCUT2D eigenvalue weighted by Gasteiger charge is 2.48. The Hall–Kier alpha value is -1.72.